The van der Waals surface area contributed by atoms with Crippen LogP contribution in [-0.2, 0) is 6.42 Å². The Kier molecular flexibility index (Phi) is 5.47. The Hall–Kier alpha value is -1.82. The monoisotopic (exact) mass is 332 g/mol. The molecule has 0 amide bonds. The summed E-state index contributed by atoms with van der Waals surface area (Å²) in [5, 5.41) is 2.85. The van der Waals surface area contributed by atoms with Crippen LogP contribution >= 0.6 is 0 Å². The molecule has 0 fully saturated rings. The highest BCUT2D eigenvalue weighted by Crippen LogP contribution is 2.43. The highest BCUT2D eigenvalue weighted by atomic mass is 14.3. The molecule has 0 saturated carbocycles. The SMILES string of the molecule is CCc1ccc(C2=C(C(C)CC)C=C(C(C)CC)C2)c2ccccc12. The summed E-state index contributed by atoms with van der Waals surface area (Å²) in [5.41, 5.74) is 7.68. The first kappa shape index (κ1) is 18.0. The van der Waals surface area contributed by atoms with Gasteiger partial charge in [-0.3, -0.25) is 0 Å². The molecule has 3 rings (SSSR count). The summed E-state index contributed by atoms with van der Waals surface area (Å²) < 4.78 is 0. The van der Waals surface area contributed by atoms with Crippen LogP contribution in [0.4, 0.5) is 0 Å². The molecule has 0 bridgehead atoms. The molecule has 0 spiro atoms. The zero-order chi connectivity index (χ0) is 18.0. The molecule has 2 atom stereocenters. The van der Waals surface area contributed by atoms with Crippen LogP contribution in [0.2, 0.25) is 0 Å². The highest BCUT2D eigenvalue weighted by molar-refractivity contribution is 5.97. The van der Waals surface area contributed by atoms with Gasteiger partial charge in [-0.25, -0.2) is 0 Å². The Morgan fingerprint density at radius 2 is 1.52 bits per heavy atom. The number of hydrogen-bond acceptors (Lipinski definition) is 0. The summed E-state index contributed by atoms with van der Waals surface area (Å²) in [6, 6.07) is 13.7. The maximum atomic E-state index is 2.53. The van der Waals surface area contributed by atoms with Gasteiger partial charge in [-0.05, 0) is 70.6 Å². The first-order chi connectivity index (χ1) is 12.1. The molecule has 0 nitrogen and oxygen atoms in total. The van der Waals surface area contributed by atoms with E-state index in [2.05, 4.69) is 77.1 Å². The molecule has 0 saturated heterocycles. The number of allylic oxidation sites excluding steroid dienone is 4. The summed E-state index contributed by atoms with van der Waals surface area (Å²) in [4.78, 5) is 0. The molecule has 0 aliphatic heterocycles. The summed E-state index contributed by atoms with van der Waals surface area (Å²) >= 11 is 0. The van der Waals surface area contributed by atoms with Gasteiger partial charge in [0.1, 0.15) is 0 Å². The number of rotatable bonds is 6. The predicted octanol–water partition coefficient (Wildman–Crippen LogP) is 7.58. The normalized spacial score (nSPS) is 17.1. The third kappa shape index (κ3) is 3.32. The van der Waals surface area contributed by atoms with Gasteiger partial charge < -0.3 is 0 Å². The average Bonchev–Trinajstić information content (AvgIpc) is 3.11. The summed E-state index contributed by atoms with van der Waals surface area (Å²) in [6.07, 6.45) is 7.18. The van der Waals surface area contributed by atoms with E-state index in [4.69, 9.17) is 0 Å². The lowest BCUT2D eigenvalue weighted by Gasteiger charge is -2.17. The van der Waals surface area contributed by atoms with E-state index in [0.717, 1.165) is 12.8 Å². The molecule has 1 aliphatic carbocycles. The molecule has 1 aliphatic rings. The van der Waals surface area contributed by atoms with E-state index in [-0.39, 0.29) is 0 Å². The second-order valence-electron chi connectivity index (χ2n) is 7.62. The minimum Gasteiger partial charge on any atom is -0.0648 e. The van der Waals surface area contributed by atoms with Gasteiger partial charge in [0.2, 0.25) is 0 Å². The van der Waals surface area contributed by atoms with Crippen LogP contribution in [-0.4, -0.2) is 0 Å². The molecule has 0 heteroatoms. The summed E-state index contributed by atoms with van der Waals surface area (Å²) in [5.74, 6) is 1.30. The standard InChI is InChI=1S/C25H32/c1-6-17(4)20-15-24(18(5)7-2)25(16-20)23-14-13-19(8-3)21-11-9-10-12-22(21)23/h9-15,17-18H,6-8,16H2,1-5H3. The number of hydrogen-bond donors (Lipinski definition) is 0. The molecule has 0 N–H and O–H groups in total. The van der Waals surface area contributed by atoms with Gasteiger partial charge in [0.15, 0.2) is 0 Å². The van der Waals surface area contributed by atoms with Crippen LogP contribution in [0.1, 0.15) is 65.0 Å². The molecule has 2 aromatic carbocycles. The lowest BCUT2D eigenvalue weighted by atomic mass is 9.87. The van der Waals surface area contributed by atoms with Crippen LogP contribution in [0.3, 0.4) is 0 Å². The summed E-state index contributed by atoms with van der Waals surface area (Å²) in [7, 11) is 0. The van der Waals surface area contributed by atoms with Crippen LogP contribution in [0.15, 0.2) is 53.6 Å². The fraction of sp³-hybridized carbons (Fsp3) is 0.440. The number of aryl methyl sites for hydroxylation is 1. The predicted molar refractivity (Wildman–Crippen MR) is 112 cm³/mol. The van der Waals surface area contributed by atoms with E-state index in [1.54, 1.807) is 16.7 Å². The molecular formula is C25H32. The molecule has 25 heavy (non-hydrogen) atoms. The largest absolute Gasteiger partial charge is 0.0648 e. The van der Waals surface area contributed by atoms with Crippen molar-refractivity contribution in [2.45, 2.75) is 60.3 Å². The maximum Gasteiger partial charge on any atom is -0.00522 e. The second-order valence-corrected chi connectivity index (χ2v) is 7.62. The molecule has 2 aromatic rings. The van der Waals surface area contributed by atoms with Crippen LogP contribution in [0.25, 0.3) is 16.3 Å². The Bertz CT molecular complexity index is 819. The zero-order valence-electron chi connectivity index (χ0n) is 16.5. The lowest BCUT2D eigenvalue weighted by Crippen LogP contribution is -1.98. The van der Waals surface area contributed by atoms with E-state index < -0.39 is 0 Å². The first-order valence-electron chi connectivity index (χ1n) is 10.0. The van der Waals surface area contributed by atoms with E-state index >= 15 is 0 Å². The van der Waals surface area contributed by atoms with Gasteiger partial charge in [0.05, 0.1) is 0 Å². The smallest absolute Gasteiger partial charge is 0.00522 e. The fourth-order valence-corrected chi connectivity index (χ4v) is 4.07. The molecule has 2 unspecified atom stereocenters. The van der Waals surface area contributed by atoms with E-state index in [1.165, 1.54) is 34.7 Å². The van der Waals surface area contributed by atoms with Crippen LogP contribution in [0, 0.1) is 11.8 Å². The first-order valence-corrected chi connectivity index (χ1v) is 10.0. The zero-order valence-corrected chi connectivity index (χ0v) is 16.5. The van der Waals surface area contributed by atoms with Gasteiger partial charge in [0, 0.05) is 0 Å². The molecule has 0 aromatic heterocycles. The van der Waals surface area contributed by atoms with Crippen LogP contribution in [0.5, 0.6) is 0 Å². The minimum absolute atomic E-state index is 0.626. The Balaban J connectivity index is 2.16. The van der Waals surface area contributed by atoms with Crippen molar-refractivity contribution in [2.24, 2.45) is 11.8 Å². The van der Waals surface area contributed by atoms with Gasteiger partial charge in [-0.1, -0.05) is 82.7 Å². The van der Waals surface area contributed by atoms with Gasteiger partial charge in [-0.15, -0.1) is 0 Å². The Morgan fingerprint density at radius 1 is 0.840 bits per heavy atom. The third-order valence-electron chi connectivity index (χ3n) is 6.18. The number of benzene rings is 2. The van der Waals surface area contributed by atoms with E-state index in [1.807, 2.05) is 0 Å². The van der Waals surface area contributed by atoms with Crippen molar-refractivity contribution in [2.75, 3.05) is 0 Å². The van der Waals surface area contributed by atoms with Crippen molar-refractivity contribution in [3.8, 4) is 0 Å². The number of fused-ring (bicyclic) bond motifs is 1. The topological polar surface area (TPSA) is 0 Å². The summed E-state index contributed by atoms with van der Waals surface area (Å²) in [6.45, 7) is 11.6. The highest BCUT2D eigenvalue weighted by Gasteiger charge is 2.24. The second kappa shape index (κ2) is 7.60. The third-order valence-corrected chi connectivity index (χ3v) is 6.18. The lowest BCUT2D eigenvalue weighted by molar-refractivity contribution is 0.644. The Morgan fingerprint density at radius 3 is 2.16 bits per heavy atom. The van der Waals surface area contributed by atoms with Crippen molar-refractivity contribution < 1.29 is 0 Å². The van der Waals surface area contributed by atoms with E-state index in [9.17, 15) is 0 Å². The Labute approximate surface area is 153 Å². The van der Waals surface area contributed by atoms with Crippen molar-refractivity contribution >= 4 is 16.3 Å². The van der Waals surface area contributed by atoms with Gasteiger partial charge in [0.25, 0.3) is 0 Å². The van der Waals surface area contributed by atoms with Crippen molar-refractivity contribution in [3.05, 3.63) is 64.7 Å². The molecule has 132 valence electrons. The van der Waals surface area contributed by atoms with Gasteiger partial charge >= 0.3 is 0 Å². The fourth-order valence-electron chi connectivity index (χ4n) is 4.07. The maximum absolute atomic E-state index is 2.53. The average molecular weight is 333 g/mol. The minimum atomic E-state index is 0.626. The molecule has 0 radical (unpaired) electrons. The van der Waals surface area contributed by atoms with Crippen molar-refractivity contribution in [1.82, 2.24) is 0 Å². The quantitative estimate of drug-likeness (QED) is 0.511. The van der Waals surface area contributed by atoms with Crippen molar-refractivity contribution in [1.29, 1.82) is 0 Å². The van der Waals surface area contributed by atoms with E-state index in [0.29, 0.717) is 11.8 Å². The van der Waals surface area contributed by atoms with Crippen molar-refractivity contribution in [3.63, 3.8) is 0 Å². The molecule has 0 heterocycles. The van der Waals surface area contributed by atoms with Gasteiger partial charge in [-0.2, -0.15) is 0 Å². The molecular weight excluding hydrogens is 300 g/mol. The van der Waals surface area contributed by atoms with Crippen LogP contribution < -0.4 is 0 Å².